The second kappa shape index (κ2) is 7.49. The molecule has 1 atom stereocenters. The number of nitrogens with one attached hydrogen (secondary N) is 1. The first-order valence-corrected chi connectivity index (χ1v) is 8.20. The third-order valence-electron chi connectivity index (χ3n) is 4.56. The monoisotopic (exact) mass is 252 g/mol. The van der Waals surface area contributed by atoms with Gasteiger partial charge in [-0.2, -0.15) is 0 Å². The molecule has 1 saturated carbocycles. The highest BCUT2D eigenvalue weighted by molar-refractivity contribution is 4.79. The predicted molar refractivity (Wildman–Crippen MR) is 78.9 cm³/mol. The molecule has 0 radical (unpaired) electrons. The molecular formula is C16H32N2. The molecule has 1 aliphatic heterocycles. The molecule has 2 aliphatic rings. The number of nitrogens with zero attached hydrogens (tertiary/aromatic N) is 1. The quantitative estimate of drug-likeness (QED) is 0.826. The Morgan fingerprint density at radius 2 is 1.89 bits per heavy atom. The lowest BCUT2D eigenvalue weighted by atomic mass is 9.89. The molecule has 0 bridgehead atoms. The Balaban J connectivity index is 1.78. The molecule has 1 unspecified atom stereocenters. The van der Waals surface area contributed by atoms with E-state index in [2.05, 4.69) is 24.1 Å². The lowest BCUT2D eigenvalue weighted by molar-refractivity contribution is 0.192. The van der Waals surface area contributed by atoms with Crippen molar-refractivity contribution in [3.8, 4) is 0 Å². The van der Waals surface area contributed by atoms with Gasteiger partial charge in [0.15, 0.2) is 0 Å². The summed E-state index contributed by atoms with van der Waals surface area (Å²) in [6.45, 7) is 9.89. The van der Waals surface area contributed by atoms with Gasteiger partial charge >= 0.3 is 0 Å². The van der Waals surface area contributed by atoms with Gasteiger partial charge < -0.3 is 10.2 Å². The fourth-order valence-electron chi connectivity index (χ4n) is 3.70. The van der Waals surface area contributed by atoms with Crippen molar-refractivity contribution in [2.45, 2.75) is 64.8 Å². The first-order valence-electron chi connectivity index (χ1n) is 8.20. The molecule has 0 amide bonds. The first-order chi connectivity index (χ1) is 8.74. The van der Waals surface area contributed by atoms with Crippen molar-refractivity contribution in [1.82, 2.24) is 10.2 Å². The summed E-state index contributed by atoms with van der Waals surface area (Å²) < 4.78 is 0. The lowest BCUT2D eigenvalue weighted by Crippen LogP contribution is -2.40. The topological polar surface area (TPSA) is 15.3 Å². The van der Waals surface area contributed by atoms with Crippen LogP contribution in [0, 0.1) is 11.8 Å². The molecule has 0 aromatic rings. The van der Waals surface area contributed by atoms with E-state index in [-0.39, 0.29) is 0 Å². The van der Waals surface area contributed by atoms with Gasteiger partial charge in [0.1, 0.15) is 0 Å². The van der Waals surface area contributed by atoms with Crippen molar-refractivity contribution in [1.29, 1.82) is 0 Å². The summed E-state index contributed by atoms with van der Waals surface area (Å²) in [7, 11) is 0. The Labute approximate surface area is 114 Å². The van der Waals surface area contributed by atoms with Crippen LogP contribution < -0.4 is 5.32 Å². The molecule has 0 aromatic carbocycles. The smallest absolute Gasteiger partial charge is 0.0197 e. The van der Waals surface area contributed by atoms with Gasteiger partial charge in [-0.1, -0.05) is 33.1 Å². The number of rotatable bonds is 4. The van der Waals surface area contributed by atoms with E-state index in [0.717, 1.165) is 17.9 Å². The molecule has 2 heteroatoms. The van der Waals surface area contributed by atoms with Gasteiger partial charge in [0.05, 0.1) is 0 Å². The normalized spacial score (nSPS) is 28.5. The Morgan fingerprint density at radius 3 is 2.61 bits per heavy atom. The number of hydrogen-bond donors (Lipinski definition) is 1. The van der Waals surface area contributed by atoms with E-state index in [1.807, 2.05) is 0 Å². The van der Waals surface area contributed by atoms with Crippen LogP contribution in [0.4, 0.5) is 0 Å². The summed E-state index contributed by atoms with van der Waals surface area (Å²) in [4.78, 5) is 2.75. The molecule has 1 N–H and O–H groups in total. The summed E-state index contributed by atoms with van der Waals surface area (Å²) in [5.41, 5.74) is 0. The average Bonchev–Trinajstić information content (AvgIpc) is 2.55. The van der Waals surface area contributed by atoms with Crippen molar-refractivity contribution in [3.05, 3.63) is 0 Å². The second-order valence-electron chi connectivity index (χ2n) is 6.90. The van der Waals surface area contributed by atoms with E-state index >= 15 is 0 Å². The number of hydrogen-bond acceptors (Lipinski definition) is 2. The van der Waals surface area contributed by atoms with E-state index in [4.69, 9.17) is 0 Å². The van der Waals surface area contributed by atoms with Crippen molar-refractivity contribution >= 4 is 0 Å². The zero-order valence-corrected chi connectivity index (χ0v) is 12.5. The lowest BCUT2D eigenvalue weighted by Gasteiger charge is -2.31. The summed E-state index contributed by atoms with van der Waals surface area (Å²) in [5.74, 6) is 1.81. The second-order valence-corrected chi connectivity index (χ2v) is 6.90. The van der Waals surface area contributed by atoms with Crippen LogP contribution >= 0.6 is 0 Å². The first kappa shape index (κ1) is 14.3. The molecule has 2 nitrogen and oxygen atoms in total. The van der Waals surface area contributed by atoms with E-state index in [9.17, 15) is 0 Å². The highest BCUT2D eigenvalue weighted by atomic mass is 15.2. The fourth-order valence-corrected chi connectivity index (χ4v) is 3.70. The van der Waals surface area contributed by atoms with Gasteiger partial charge in [-0.25, -0.2) is 0 Å². The molecule has 18 heavy (non-hydrogen) atoms. The summed E-state index contributed by atoms with van der Waals surface area (Å²) in [5, 5.41) is 3.74. The van der Waals surface area contributed by atoms with Crippen LogP contribution in [0.3, 0.4) is 0 Å². The Hall–Kier alpha value is -0.0800. The molecule has 2 fully saturated rings. The Kier molecular flexibility index (Phi) is 5.97. The molecule has 0 spiro atoms. The standard InChI is InChI=1S/C16H32N2/c1-14(2)11-16-13-18(10-6-9-17-16)12-15-7-4-3-5-8-15/h14-17H,3-13H2,1-2H3. The van der Waals surface area contributed by atoms with E-state index in [1.54, 1.807) is 0 Å². The SMILES string of the molecule is CC(C)CC1CN(CC2CCCCC2)CCCN1. The molecule has 0 aromatic heterocycles. The van der Waals surface area contributed by atoms with Gasteiger partial charge in [0, 0.05) is 19.1 Å². The molecule has 2 rings (SSSR count). The maximum absolute atomic E-state index is 3.74. The van der Waals surface area contributed by atoms with Crippen LogP contribution in [0.2, 0.25) is 0 Å². The van der Waals surface area contributed by atoms with Crippen molar-refractivity contribution in [2.24, 2.45) is 11.8 Å². The Morgan fingerprint density at radius 1 is 1.11 bits per heavy atom. The van der Waals surface area contributed by atoms with Gasteiger partial charge in [-0.3, -0.25) is 0 Å². The summed E-state index contributed by atoms with van der Waals surface area (Å²) in [6, 6.07) is 0.732. The molecule has 106 valence electrons. The van der Waals surface area contributed by atoms with Crippen molar-refractivity contribution < 1.29 is 0 Å². The molecule has 1 aliphatic carbocycles. The minimum atomic E-state index is 0.732. The van der Waals surface area contributed by atoms with Gasteiger partial charge in [0.2, 0.25) is 0 Å². The maximum atomic E-state index is 3.74. The predicted octanol–water partition coefficient (Wildman–Crippen LogP) is 3.28. The zero-order chi connectivity index (χ0) is 12.8. The molecule has 1 saturated heterocycles. The van der Waals surface area contributed by atoms with Crippen molar-refractivity contribution in [3.63, 3.8) is 0 Å². The van der Waals surface area contributed by atoms with Crippen molar-refractivity contribution in [2.75, 3.05) is 26.2 Å². The zero-order valence-electron chi connectivity index (χ0n) is 12.5. The molecule has 1 heterocycles. The largest absolute Gasteiger partial charge is 0.313 e. The highest BCUT2D eigenvalue weighted by Crippen LogP contribution is 2.25. The van der Waals surface area contributed by atoms with E-state index in [0.29, 0.717) is 0 Å². The van der Waals surface area contributed by atoms with Crippen LogP contribution in [0.5, 0.6) is 0 Å². The van der Waals surface area contributed by atoms with E-state index < -0.39 is 0 Å². The minimum Gasteiger partial charge on any atom is -0.313 e. The third-order valence-corrected chi connectivity index (χ3v) is 4.56. The van der Waals surface area contributed by atoms with Crippen LogP contribution in [0.25, 0.3) is 0 Å². The van der Waals surface area contributed by atoms with Crippen LogP contribution in [0.15, 0.2) is 0 Å². The average molecular weight is 252 g/mol. The highest BCUT2D eigenvalue weighted by Gasteiger charge is 2.22. The minimum absolute atomic E-state index is 0.732. The third kappa shape index (κ3) is 4.89. The van der Waals surface area contributed by atoms with Crippen LogP contribution in [0.1, 0.15) is 58.8 Å². The van der Waals surface area contributed by atoms with Crippen LogP contribution in [-0.2, 0) is 0 Å². The summed E-state index contributed by atoms with van der Waals surface area (Å²) in [6.07, 6.45) is 10.1. The van der Waals surface area contributed by atoms with Gasteiger partial charge in [-0.15, -0.1) is 0 Å². The van der Waals surface area contributed by atoms with Gasteiger partial charge in [0.25, 0.3) is 0 Å². The van der Waals surface area contributed by atoms with Crippen LogP contribution in [-0.4, -0.2) is 37.1 Å². The Bertz CT molecular complexity index is 221. The van der Waals surface area contributed by atoms with Gasteiger partial charge in [-0.05, 0) is 50.6 Å². The molecular weight excluding hydrogens is 220 g/mol. The fraction of sp³-hybridized carbons (Fsp3) is 1.00. The summed E-state index contributed by atoms with van der Waals surface area (Å²) >= 11 is 0. The van der Waals surface area contributed by atoms with E-state index in [1.165, 1.54) is 71.1 Å². The maximum Gasteiger partial charge on any atom is 0.0197 e.